The molecular formula is C20H21F3N6O. The molecule has 0 aliphatic carbocycles. The van der Waals surface area contributed by atoms with E-state index in [4.69, 9.17) is 0 Å². The average Bonchev–Trinajstić information content (AvgIpc) is 3.17. The van der Waals surface area contributed by atoms with Crippen molar-refractivity contribution >= 4 is 17.3 Å². The van der Waals surface area contributed by atoms with Crippen molar-refractivity contribution in [3.8, 4) is 11.4 Å². The van der Waals surface area contributed by atoms with Crippen LogP contribution in [0.15, 0.2) is 48.5 Å². The van der Waals surface area contributed by atoms with Crippen LogP contribution in [-0.4, -0.2) is 44.1 Å². The standard InChI is InChI=1S/C20H21F3N6O/c1-3-28(4-2)18(30)13-29-26-19(25-27-29)16-7-5-6-8-17(16)24-15-11-9-14(10-12-15)20(21,22)23/h5-12,24H,3-4,13H2,1-2H3. The van der Waals surface area contributed by atoms with Crippen molar-refractivity contribution in [2.75, 3.05) is 18.4 Å². The molecule has 0 radical (unpaired) electrons. The molecule has 0 aliphatic heterocycles. The van der Waals surface area contributed by atoms with Crippen molar-refractivity contribution < 1.29 is 18.0 Å². The van der Waals surface area contributed by atoms with E-state index in [1.54, 1.807) is 29.2 Å². The molecule has 0 saturated heterocycles. The van der Waals surface area contributed by atoms with Crippen molar-refractivity contribution in [2.24, 2.45) is 0 Å². The zero-order valence-electron chi connectivity index (χ0n) is 16.5. The highest BCUT2D eigenvalue weighted by Gasteiger charge is 2.30. The smallest absolute Gasteiger partial charge is 0.355 e. The molecule has 0 spiro atoms. The summed E-state index contributed by atoms with van der Waals surface area (Å²) in [6.07, 6.45) is -4.39. The van der Waals surface area contributed by atoms with E-state index in [1.165, 1.54) is 16.9 Å². The fourth-order valence-corrected chi connectivity index (χ4v) is 2.90. The minimum atomic E-state index is -4.39. The van der Waals surface area contributed by atoms with Crippen molar-refractivity contribution in [3.05, 3.63) is 54.1 Å². The first-order chi connectivity index (χ1) is 14.3. The van der Waals surface area contributed by atoms with Crippen LogP contribution in [0.25, 0.3) is 11.4 Å². The molecule has 1 N–H and O–H groups in total. The Hall–Kier alpha value is -3.43. The number of alkyl halides is 3. The molecule has 158 valence electrons. The number of aromatic nitrogens is 4. The van der Waals surface area contributed by atoms with Gasteiger partial charge in [0.1, 0.15) is 6.54 Å². The van der Waals surface area contributed by atoms with Crippen LogP contribution >= 0.6 is 0 Å². The Balaban J connectivity index is 1.79. The number of carbonyl (C=O) groups is 1. The molecule has 0 saturated carbocycles. The van der Waals surface area contributed by atoms with Crippen molar-refractivity contribution in [2.45, 2.75) is 26.6 Å². The minimum Gasteiger partial charge on any atom is -0.355 e. The summed E-state index contributed by atoms with van der Waals surface area (Å²) in [5, 5.41) is 15.3. The first-order valence-corrected chi connectivity index (χ1v) is 9.41. The van der Waals surface area contributed by atoms with Crippen LogP contribution in [-0.2, 0) is 17.5 Å². The van der Waals surface area contributed by atoms with Gasteiger partial charge in [-0.1, -0.05) is 12.1 Å². The van der Waals surface area contributed by atoms with E-state index in [0.29, 0.717) is 35.9 Å². The highest BCUT2D eigenvalue weighted by atomic mass is 19.4. The number of likely N-dealkylation sites (N-methyl/N-ethyl adjacent to an activating group) is 1. The molecule has 1 heterocycles. The van der Waals surface area contributed by atoms with Gasteiger partial charge in [-0.3, -0.25) is 4.79 Å². The molecule has 0 unspecified atom stereocenters. The lowest BCUT2D eigenvalue weighted by molar-refractivity contribution is -0.137. The van der Waals surface area contributed by atoms with Gasteiger partial charge in [-0.15, -0.1) is 10.2 Å². The third-order valence-corrected chi connectivity index (χ3v) is 4.50. The fraction of sp³-hybridized carbons (Fsp3) is 0.300. The van der Waals surface area contributed by atoms with E-state index in [1.807, 2.05) is 13.8 Å². The molecule has 2 aromatic carbocycles. The van der Waals surface area contributed by atoms with Crippen LogP contribution in [0.3, 0.4) is 0 Å². The van der Waals surface area contributed by atoms with Gasteiger partial charge >= 0.3 is 6.18 Å². The summed E-state index contributed by atoms with van der Waals surface area (Å²) in [6, 6.07) is 11.8. The second-order valence-electron chi connectivity index (χ2n) is 6.46. The van der Waals surface area contributed by atoms with Crippen molar-refractivity contribution in [1.29, 1.82) is 0 Å². The van der Waals surface area contributed by atoms with Gasteiger partial charge in [-0.2, -0.15) is 18.0 Å². The summed E-state index contributed by atoms with van der Waals surface area (Å²) in [5.74, 6) is 0.192. The van der Waals surface area contributed by atoms with Crippen LogP contribution in [0, 0.1) is 0 Å². The van der Waals surface area contributed by atoms with Gasteiger partial charge < -0.3 is 10.2 Å². The van der Waals surface area contributed by atoms with Crippen LogP contribution in [0.2, 0.25) is 0 Å². The number of hydrogen-bond donors (Lipinski definition) is 1. The molecule has 30 heavy (non-hydrogen) atoms. The minimum absolute atomic E-state index is 0.0246. The molecule has 0 bridgehead atoms. The molecule has 0 fully saturated rings. The summed E-state index contributed by atoms with van der Waals surface area (Å²) in [5.41, 5.74) is 0.981. The maximum Gasteiger partial charge on any atom is 0.416 e. The Morgan fingerprint density at radius 3 is 2.37 bits per heavy atom. The zero-order valence-corrected chi connectivity index (χ0v) is 16.5. The van der Waals surface area contributed by atoms with E-state index in [2.05, 4.69) is 20.7 Å². The molecule has 0 atom stereocenters. The van der Waals surface area contributed by atoms with Gasteiger partial charge in [-0.05, 0) is 55.5 Å². The Morgan fingerprint density at radius 1 is 1.07 bits per heavy atom. The van der Waals surface area contributed by atoms with E-state index in [9.17, 15) is 18.0 Å². The van der Waals surface area contributed by atoms with Gasteiger partial charge in [0.05, 0.1) is 5.56 Å². The Kier molecular flexibility index (Phi) is 6.34. The summed E-state index contributed by atoms with van der Waals surface area (Å²) in [4.78, 5) is 15.1. The summed E-state index contributed by atoms with van der Waals surface area (Å²) < 4.78 is 38.2. The predicted molar refractivity (Wildman–Crippen MR) is 106 cm³/mol. The normalized spacial score (nSPS) is 11.4. The molecule has 3 rings (SSSR count). The maximum absolute atomic E-state index is 12.7. The number of amides is 1. The fourth-order valence-electron chi connectivity index (χ4n) is 2.90. The SMILES string of the molecule is CCN(CC)C(=O)Cn1nnc(-c2ccccc2Nc2ccc(C(F)(F)F)cc2)n1. The van der Waals surface area contributed by atoms with Crippen LogP contribution in [0.4, 0.5) is 24.5 Å². The van der Waals surface area contributed by atoms with Crippen molar-refractivity contribution in [1.82, 2.24) is 25.1 Å². The molecule has 10 heteroatoms. The second-order valence-corrected chi connectivity index (χ2v) is 6.46. The summed E-state index contributed by atoms with van der Waals surface area (Å²) >= 11 is 0. The number of para-hydroxylation sites is 1. The second kappa shape index (κ2) is 8.93. The predicted octanol–water partition coefficient (Wildman–Crippen LogP) is 3.97. The third kappa shape index (κ3) is 4.94. The van der Waals surface area contributed by atoms with Crippen LogP contribution < -0.4 is 5.32 Å². The van der Waals surface area contributed by atoms with Crippen molar-refractivity contribution in [3.63, 3.8) is 0 Å². The molecular weight excluding hydrogens is 397 g/mol. The van der Waals surface area contributed by atoms with Gasteiger partial charge in [0, 0.05) is 30.0 Å². The third-order valence-electron chi connectivity index (χ3n) is 4.50. The first kappa shape index (κ1) is 21.3. The number of anilines is 2. The zero-order chi connectivity index (χ0) is 21.7. The number of benzene rings is 2. The number of nitrogens with zero attached hydrogens (tertiary/aromatic N) is 5. The largest absolute Gasteiger partial charge is 0.416 e. The van der Waals surface area contributed by atoms with E-state index >= 15 is 0 Å². The lowest BCUT2D eigenvalue weighted by atomic mass is 10.1. The summed E-state index contributed by atoms with van der Waals surface area (Å²) in [6.45, 7) is 4.95. The quantitative estimate of drug-likeness (QED) is 0.628. The number of halogens is 3. The Bertz CT molecular complexity index is 996. The molecule has 0 aliphatic rings. The Labute approximate surface area is 171 Å². The molecule has 1 aromatic heterocycles. The van der Waals surface area contributed by atoms with Gasteiger partial charge in [-0.25, -0.2) is 0 Å². The first-order valence-electron chi connectivity index (χ1n) is 9.41. The monoisotopic (exact) mass is 418 g/mol. The molecule has 1 amide bonds. The molecule has 3 aromatic rings. The lowest BCUT2D eigenvalue weighted by Crippen LogP contribution is -2.34. The number of tetrazole rings is 1. The van der Waals surface area contributed by atoms with Gasteiger partial charge in [0.25, 0.3) is 0 Å². The maximum atomic E-state index is 12.7. The van der Waals surface area contributed by atoms with Gasteiger partial charge in [0.2, 0.25) is 11.7 Å². The summed E-state index contributed by atoms with van der Waals surface area (Å²) in [7, 11) is 0. The number of carbonyl (C=O) groups excluding carboxylic acids is 1. The number of hydrogen-bond acceptors (Lipinski definition) is 5. The van der Waals surface area contributed by atoms with Gasteiger partial charge in [0.15, 0.2) is 0 Å². The molecule has 7 nitrogen and oxygen atoms in total. The van der Waals surface area contributed by atoms with E-state index in [0.717, 1.165) is 12.1 Å². The van der Waals surface area contributed by atoms with E-state index in [-0.39, 0.29) is 12.5 Å². The average molecular weight is 418 g/mol. The highest BCUT2D eigenvalue weighted by Crippen LogP contribution is 2.32. The lowest BCUT2D eigenvalue weighted by Gasteiger charge is -2.17. The highest BCUT2D eigenvalue weighted by molar-refractivity contribution is 5.78. The van der Waals surface area contributed by atoms with Crippen LogP contribution in [0.5, 0.6) is 0 Å². The Morgan fingerprint density at radius 2 is 1.73 bits per heavy atom. The van der Waals surface area contributed by atoms with Crippen LogP contribution in [0.1, 0.15) is 19.4 Å². The number of rotatable bonds is 7. The topological polar surface area (TPSA) is 75.9 Å². The van der Waals surface area contributed by atoms with E-state index < -0.39 is 11.7 Å². The number of nitrogens with one attached hydrogen (secondary N) is 1.